The van der Waals surface area contributed by atoms with Crippen molar-refractivity contribution in [2.45, 2.75) is 20.4 Å². The van der Waals surface area contributed by atoms with E-state index < -0.39 is 0 Å². The van der Waals surface area contributed by atoms with Gasteiger partial charge in [0.2, 0.25) is 5.91 Å². The molecular formula is C23H20N6O2. The highest BCUT2D eigenvalue weighted by atomic mass is 16.2. The maximum absolute atomic E-state index is 12.8. The number of aryl methyl sites for hydroxylation is 2. The zero-order valence-corrected chi connectivity index (χ0v) is 17.1. The lowest BCUT2D eigenvalue weighted by Crippen LogP contribution is -2.28. The molecule has 0 saturated carbocycles. The molecule has 0 atom stereocenters. The van der Waals surface area contributed by atoms with E-state index in [1.54, 1.807) is 16.9 Å². The van der Waals surface area contributed by atoms with E-state index in [2.05, 4.69) is 15.5 Å². The monoisotopic (exact) mass is 412 g/mol. The Morgan fingerprint density at radius 3 is 2.55 bits per heavy atom. The maximum Gasteiger partial charge on any atom is 0.350 e. The largest absolute Gasteiger partial charge is 0.350 e. The number of nitrogens with zero attached hydrogens (tertiary/aromatic N) is 5. The van der Waals surface area contributed by atoms with Gasteiger partial charge in [0.25, 0.3) is 0 Å². The number of amides is 1. The Labute approximate surface area is 177 Å². The van der Waals surface area contributed by atoms with Gasteiger partial charge in [-0.1, -0.05) is 48.0 Å². The second-order valence-electron chi connectivity index (χ2n) is 7.52. The molecular weight excluding hydrogens is 392 g/mol. The Morgan fingerprint density at radius 1 is 1.00 bits per heavy atom. The first-order valence-corrected chi connectivity index (χ1v) is 9.90. The molecule has 5 aromatic rings. The van der Waals surface area contributed by atoms with Crippen molar-refractivity contribution in [3.63, 3.8) is 0 Å². The van der Waals surface area contributed by atoms with Gasteiger partial charge in [-0.2, -0.15) is 5.10 Å². The third-order valence-electron chi connectivity index (χ3n) is 5.25. The van der Waals surface area contributed by atoms with Crippen LogP contribution >= 0.6 is 0 Å². The van der Waals surface area contributed by atoms with Crippen molar-refractivity contribution < 1.29 is 4.79 Å². The molecule has 2 aromatic carbocycles. The third kappa shape index (κ3) is 3.38. The van der Waals surface area contributed by atoms with Crippen molar-refractivity contribution in [3.8, 4) is 11.3 Å². The molecule has 0 fully saturated rings. The number of aromatic nitrogens is 5. The van der Waals surface area contributed by atoms with Gasteiger partial charge in [-0.25, -0.2) is 18.4 Å². The van der Waals surface area contributed by atoms with Gasteiger partial charge in [-0.15, -0.1) is 5.10 Å². The molecule has 0 spiro atoms. The van der Waals surface area contributed by atoms with Crippen LogP contribution in [0.3, 0.4) is 0 Å². The zero-order chi connectivity index (χ0) is 21.5. The molecule has 5 rings (SSSR count). The molecule has 154 valence electrons. The number of nitrogens with one attached hydrogen (secondary N) is 1. The summed E-state index contributed by atoms with van der Waals surface area (Å²) in [7, 11) is 0. The van der Waals surface area contributed by atoms with Crippen molar-refractivity contribution in [3.05, 3.63) is 88.6 Å². The van der Waals surface area contributed by atoms with Crippen molar-refractivity contribution in [1.29, 1.82) is 0 Å². The van der Waals surface area contributed by atoms with Crippen LogP contribution < -0.4 is 11.0 Å². The summed E-state index contributed by atoms with van der Waals surface area (Å²) in [5, 5.41) is 11.8. The minimum absolute atomic E-state index is 0.181. The van der Waals surface area contributed by atoms with Crippen LogP contribution in [-0.4, -0.2) is 29.7 Å². The van der Waals surface area contributed by atoms with Gasteiger partial charge >= 0.3 is 5.69 Å². The maximum atomic E-state index is 12.8. The number of hydrogen-bond acceptors (Lipinski definition) is 4. The first-order chi connectivity index (χ1) is 15.0. The van der Waals surface area contributed by atoms with Crippen molar-refractivity contribution in [1.82, 2.24) is 23.8 Å². The van der Waals surface area contributed by atoms with Gasteiger partial charge < -0.3 is 5.32 Å². The summed E-state index contributed by atoms with van der Waals surface area (Å²) in [6.07, 6.45) is 3.32. The predicted molar refractivity (Wildman–Crippen MR) is 118 cm³/mol. The lowest BCUT2D eigenvalue weighted by Gasteiger charge is -2.07. The molecule has 3 aromatic heterocycles. The Morgan fingerprint density at radius 2 is 1.77 bits per heavy atom. The number of rotatable bonds is 4. The number of hydrogen-bond donors (Lipinski definition) is 1. The molecule has 31 heavy (non-hydrogen) atoms. The van der Waals surface area contributed by atoms with E-state index in [4.69, 9.17) is 0 Å². The summed E-state index contributed by atoms with van der Waals surface area (Å²) in [5.74, 6) is -0.315. The molecule has 3 heterocycles. The molecule has 8 heteroatoms. The average molecular weight is 412 g/mol. The standard InChI is InChI=1S/C23H20N6O2/c1-15-7-9-17(10-8-15)19-13-20-22-26-29(23(31)27(22)11-12-28(20)25-19)14-21(30)24-18-6-4-3-5-16(18)2/h3-13H,14H2,1-2H3,(H,24,30). The molecule has 1 amide bonds. The molecule has 0 aliphatic heterocycles. The molecule has 0 aliphatic carbocycles. The normalized spacial score (nSPS) is 11.3. The topological polar surface area (TPSA) is 85.7 Å². The molecule has 0 saturated heterocycles. The summed E-state index contributed by atoms with van der Waals surface area (Å²) < 4.78 is 4.28. The fourth-order valence-electron chi connectivity index (χ4n) is 3.54. The van der Waals surface area contributed by atoms with Crippen LogP contribution in [0, 0.1) is 13.8 Å². The van der Waals surface area contributed by atoms with E-state index in [9.17, 15) is 9.59 Å². The fraction of sp³-hybridized carbons (Fsp3) is 0.130. The van der Waals surface area contributed by atoms with Crippen molar-refractivity contribution >= 4 is 22.8 Å². The Balaban J connectivity index is 1.50. The van der Waals surface area contributed by atoms with Gasteiger partial charge in [0, 0.05) is 23.6 Å². The zero-order valence-electron chi connectivity index (χ0n) is 17.1. The Hall–Kier alpha value is -4.20. The number of anilines is 1. The minimum atomic E-state index is -0.379. The van der Waals surface area contributed by atoms with E-state index in [0.29, 0.717) is 16.9 Å². The van der Waals surface area contributed by atoms with Gasteiger partial charge in [0.15, 0.2) is 5.65 Å². The second-order valence-corrected chi connectivity index (χ2v) is 7.52. The highest BCUT2D eigenvalue weighted by molar-refractivity contribution is 5.91. The molecule has 8 nitrogen and oxygen atoms in total. The second kappa shape index (κ2) is 7.24. The molecule has 1 N–H and O–H groups in total. The average Bonchev–Trinajstić information content (AvgIpc) is 3.32. The van der Waals surface area contributed by atoms with Crippen LogP contribution in [0.4, 0.5) is 5.69 Å². The van der Waals surface area contributed by atoms with Crippen molar-refractivity contribution in [2.24, 2.45) is 0 Å². The first kappa shape index (κ1) is 18.8. The van der Waals surface area contributed by atoms with Crippen LogP contribution in [0.15, 0.2) is 71.8 Å². The van der Waals surface area contributed by atoms with Gasteiger partial charge in [-0.3, -0.25) is 4.79 Å². The van der Waals surface area contributed by atoms with Gasteiger partial charge in [0.05, 0.1) is 5.69 Å². The van der Waals surface area contributed by atoms with Gasteiger partial charge in [0.1, 0.15) is 12.1 Å². The molecule has 0 bridgehead atoms. The summed E-state index contributed by atoms with van der Waals surface area (Å²) in [4.78, 5) is 25.3. The lowest BCUT2D eigenvalue weighted by atomic mass is 10.1. The number of fused-ring (bicyclic) bond motifs is 3. The minimum Gasteiger partial charge on any atom is -0.324 e. The summed E-state index contributed by atoms with van der Waals surface area (Å²) in [6.45, 7) is 3.76. The SMILES string of the molecule is Cc1ccc(-c2cc3c4nn(CC(=O)Nc5ccccc5C)c(=O)n4ccn3n2)cc1. The molecule has 0 aliphatic rings. The summed E-state index contributed by atoms with van der Waals surface area (Å²) in [5.41, 5.74) is 5.35. The Kier molecular flexibility index (Phi) is 4.39. The Bertz CT molecular complexity index is 1490. The quantitative estimate of drug-likeness (QED) is 0.492. The van der Waals surface area contributed by atoms with E-state index in [-0.39, 0.29) is 18.1 Å². The van der Waals surface area contributed by atoms with Crippen LogP contribution in [-0.2, 0) is 11.3 Å². The third-order valence-corrected chi connectivity index (χ3v) is 5.25. The van der Waals surface area contributed by atoms with Crippen LogP contribution in [0.25, 0.3) is 22.4 Å². The highest BCUT2D eigenvalue weighted by Crippen LogP contribution is 2.21. The van der Waals surface area contributed by atoms with E-state index in [1.807, 2.05) is 68.4 Å². The van der Waals surface area contributed by atoms with Crippen LogP contribution in [0.1, 0.15) is 11.1 Å². The predicted octanol–water partition coefficient (Wildman–Crippen LogP) is 3.07. The number of para-hydroxylation sites is 1. The summed E-state index contributed by atoms with van der Waals surface area (Å²) in [6, 6.07) is 17.5. The number of benzene rings is 2. The van der Waals surface area contributed by atoms with E-state index >= 15 is 0 Å². The molecule has 0 radical (unpaired) electrons. The molecule has 0 unspecified atom stereocenters. The number of carbonyl (C=O) groups excluding carboxylic acids is 1. The van der Waals surface area contributed by atoms with Crippen molar-refractivity contribution in [2.75, 3.05) is 5.32 Å². The lowest BCUT2D eigenvalue weighted by molar-refractivity contribution is -0.117. The van der Waals surface area contributed by atoms with Crippen LogP contribution in [0.5, 0.6) is 0 Å². The fourth-order valence-corrected chi connectivity index (χ4v) is 3.54. The highest BCUT2D eigenvalue weighted by Gasteiger charge is 2.15. The van der Waals surface area contributed by atoms with E-state index in [0.717, 1.165) is 16.8 Å². The summed E-state index contributed by atoms with van der Waals surface area (Å²) >= 11 is 0. The number of carbonyl (C=O) groups is 1. The van der Waals surface area contributed by atoms with E-state index in [1.165, 1.54) is 14.6 Å². The van der Waals surface area contributed by atoms with Gasteiger partial charge in [-0.05, 0) is 31.5 Å². The first-order valence-electron chi connectivity index (χ1n) is 9.90. The smallest absolute Gasteiger partial charge is 0.324 e. The van der Waals surface area contributed by atoms with Crippen LogP contribution in [0.2, 0.25) is 0 Å².